The van der Waals surface area contributed by atoms with Gasteiger partial charge in [0.15, 0.2) is 0 Å². The van der Waals surface area contributed by atoms with Gasteiger partial charge in [0, 0.05) is 12.5 Å². The molecule has 0 spiro atoms. The molecule has 3 rings (SSSR count). The van der Waals surface area contributed by atoms with Gasteiger partial charge in [-0.05, 0) is 49.1 Å². The number of fused-ring (bicyclic) bond motifs is 2. The van der Waals surface area contributed by atoms with Gasteiger partial charge in [-0.15, -0.1) is 0 Å². The lowest BCUT2D eigenvalue weighted by molar-refractivity contribution is -0.117. The second-order valence-corrected chi connectivity index (χ2v) is 6.25. The Morgan fingerprint density at radius 1 is 1.24 bits per heavy atom. The fraction of sp³-hybridized carbons (Fsp3) is 0.588. The molecule has 1 aromatic carbocycles. The molecule has 21 heavy (non-hydrogen) atoms. The summed E-state index contributed by atoms with van der Waals surface area (Å²) in [5, 5.41) is 2.98. The van der Waals surface area contributed by atoms with Gasteiger partial charge in [-0.1, -0.05) is 6.42 Å². The highest BCUT2D eigenvalue weighted by atomic mass is 16.5. The first-order valence-corrected chi connectivity index (χ1v) is 7.71. The van der Waals surface area contributed by atoms with Crippen LogP contribution < -0.4 is 14.8 Å². The first kappa shape index (κ1) is 14.2. The lowest BCUT2D eigenvalue weighted by Gasteiger charge is -2.21. The van der Waals surface area contributed by atoms with E-state index in [4.69, 9.17) is 9.47 Å². The summed E-state index contributed by atoms with van der Waals surface area (Å²) in [4.78, 5) is 12.3. The number of anilines is 1. The minimum atomic E-state index is 0.0825. The smallest absolute Gasteiger partial charge is 0.224 e. The third kappa shape index (κ3) is 2.99. The lowest BCUT2D eigenvalue weighted by Crippen LogP contribution is -2.20. The summed E-state index contributed by atoms with van der Waals surface area (Å²) < 4.78 is 10.5. The Morgan fingerprint density at radius 2 is 2.10 bits per heavy atom. The van der Waals surface area contributed by atoms with Gasteiger partial charge >= 0.3 is 0 Å². The maximum Gasteiger partial charge on any atom is 0.224 e. The summed E-state index contributed by atoms with van der Waals surface area (Å²) in [6.45, 7) is 0. The predicted molar refractivity (Wildman–Crippen MR) is 81.7 cm³/mol. The zero-order chi connectivity index (χ0) is 14.8. The van der Waals surface area contributed by atoms with Crippen LogP contribution in [0.2, 0.25) is 0 Å². The van der Waals surface area contributed by atoms with Crippen molar-refractivity contribution < 1.29 is 14.3 Å². The van der Waals surface area contributed by atoms with E-state index in [0.29, 0.717) is 29.5 Å². The van der Waals surface area contributed by atoms with Crippen LogP contribution in [0.1, 0.15) is 32.1 Å². The number of ether oxygens (including phenoxy) is 2. The van der Waals surface area contributed by atoms with Crippen molar-refractivity contribution in [2.24, 2.45) is 17.8 Å². The molecule has 2 aliphatic carbocycles. The summed E-state index contributed by atoms with van der Waals surface area (Å²) in [6.07, 6.45) is 5.87. The van der Waals surface area contributed by atoms with Crippen molar-refractivity contribution in [2.75, 3.05) is 19.5 Å². The number of rotatable bonds is 5. The summed E-state index contributed by atoms with van der Waals surface area (Å²) >= 11 is 0. The molecule has 3 unspecified atom stereocenters. The second-order valence-electron chi connectivity index (χ2n) is 6.25. The van der Waals surface area contributed by atoms with Crippen LogP contribution in [0.4, 0.5) is 5.69 Å². The second kappa shape index (κ2) is 5.96. The van der Waals surface area contributed by atoms with Crippen LogP contribution in [-0.2, 0) is 4.79 Å². The van der Waals surface area contributed by atoms with Crippen LogP contribution in [-0.4, -0.2) is 20.1 Å². The largest absolute Gasteiger partial charge is 0.497 e. The third-order valence-corrected chi connectivity index (χ3v) is 5.01. The van der Waals surface area contributed by atoms with Gasteiger partial charge in [0.25, 0.3) is 0 Å². The van der Waals surface area contributed by atoms with Crippen LogP contribution in [0.25, 0.3) is 0 Å². The fourth-order valence-electron chi connectivity index (χ4n) is 3.98. The molecular weight excluding hydrogens is 266 g/mol. The van der Waals surface area contributed by atoms with Crippen molar-refractivity contribution >= 4 is 11.6 Å². The molecule has 2 aliphatic rings. The van der Waals surface area contributed by atoms with Gasteiger partial charge in [-0.3, -0.25) is 4.79 Å². The summed E-state index contributed by atoms with van der Waals surface area (Å²) in [5.74, 6) is 3.68. The number of methoxy groups -OCH3 is 2. The molecule has 114 valence electrons. The van der Waals surface area contributed by atoms with Gasteiger partial charge in [0.1, 0.15) is 11.5 Å². The number of carbonyl (C=O) groups excluding carboxylic acids is 1. The summed E-state index contributed by atoms with van der Waals surface area (Å²) in [6, 6.07) is 5.44. The van der Waals surface area contributed by atoms with E-state index in [1.807, 2.05) is 12.1 Å². The number of amides is 1. The Labute approximate surface area is 125 Å². The third-order valence-electron chi connectivity index (χ3n) is 5.01. The number of nitrogens with one attached hydrogen (secondary N) is 1. The number of benzene rings is 1. The number of hydrogen-bond donors (Lipinski definition) is 1. The molecule has 4 heteroatoms. The van der Waals surface area contributed by atoms with Crippen molar-refractivity contribution in [2.45, 2.75) is 32.1 Å². The van der Waals surface area contributed by atoms with E-state index in [-0.39, 0.29) is 5.91 Å². The molecule has 3 atom stereocenters. The molecule has 4 nitrogen and oxygen atoms in total. The first-order valence-electron chi connectivity index (χ1n) is 7.71. The Bertz CT molecular complexity index is 529. The average molecular weight is 289 g/mol. The zero-order valence-corrected chi connectivity index (χ0v) is 12.7. The maximum atomic E-state index is 12.3. The highest BCUT2D eigenvalue weighted by molar-refractivity contribution is 5.92. The van der Waals surface area contributed by atoms with Crippen molar-refractivity contribution in [1.29, 1.82) is 0 Å². The molecule has 2 saturated carbocycles. The lowest BCUT2D eigenvalue weighted by atomic mass is 9.86. The minimum absolute atomic E-state index is 0.0825. The monoisotopic (exact) mass is 289 g/mol. The van der Waals surface area contributed by atoms with Gasteiger partial charge in [-0.2, -0.15) is 0 Å². The Hall–Kier alpha value is -1.71. The van der Waals surface area contributed by atoms with Gasteiger partial charge in [0.05, 0.1) is 19.9 Å². The van der Waals surface area contributed by atoms with Gasteiger partial charge in [0.2, 0.25) is 5.91 Å². The Balaban J connectivity index is 1.64. The number of hydrogen-bond acceptors (Lipinski definition) is 3. The van der Waals surface area contributed by atoms with E-state index in [0.717, 1.165) is 11.8 Å². The van der Waals surface area contributed by atoms with Gasteiger partial charge < -0.3 is 14.8 Å². The highest BCUT2D eigenvalue weighted by Crippen LogP contribution is 2.49. The van der Waals surface area contributed by atoms with Crippen LogP contribution in [0.15, 0.2) is 18.2 Å². The summed E-state index contributed by atoms with van der Waals surface area (Å²) in [5.41, 5.74) is 0.685. The van der Waals surface area contributed by atoms with Crippen molar-refractivity contribution in [1.82, 2.24) is 0 Å². The Kier molecular flexibility index (Phi) is 4.04. The first-order chi connectivity index (χ1) is 10.2. The summed E-state index contributed by atoms with van der Waals surface area (Å²) in [7, 11) is 3.22. The molecule has 0 radical (unpaired) electrons. The minimum Gasteiger partial charge on any atom is -0.497 e. The molecule has 2 bridgehead atoms. The molecule has 0 aliphatic heterocycles. The quantitative estimate of drug-likeness (QED) is 0.903. The topological polar surface area (TPSA) is 47.6 Å². The van der Waals surface area contributed by atoms with Crippen LogP contribution in [0, 0.1) is 17.8 Å². The Morgan fingerprint density at radius 3 is 2.71 bits per heavy atom. The van der Waals surface area contributed by atoms with Crippen LogP contribution in [0.5, 0.6) is 11.5 Å². The fourth-order valence-corrected chi connectivity index (χ4v) is 3.98. The molecule has 0 heterocycles. The molecular formula is C17H23NO3. The van der Waals surface area contributed by atoms with E-state index < -0.39 is 0 Å². The van der Waals surface area contributed by atoms with Crippen LogP contribution >= 0.6 is 0 Å². The number of carbonyl (C=O) groups is 1. The predicted octanol–water partition coefficient (Wildman–Crippen LogP) is 3.47. The SMILES string of the molecule is COc1ccc(OC)c(NC(=O)CC2CC3CCC2C3)c1. The van der Waals surface area contributed by atoms with E-state index in [1.165, 1.54) is 25.7 Å². The highest BCUT2D eigenvalue weighted by Gasteiger charge is 2.40. The molecule has 1 aromatic rings. The molecule has 1 N–H and O–H groups in total. The maximum absolute atomic E-state index is 12.3. The normalized spacial score (nSPS) is 26.7. The molecule has 1 amide bonds. The van der Waals surface area contributed by atoms with E-state index in [1.54, 1.807) is 20.3 Å². The van der Waals surface area contributed by atoms with E-state index >= 15 is 0 Å². The standard InChI is InChI=1S/C17H23NO3/c1-20-14-5-6-16(21-2)15(10-14)18-17(19)9-13-8-11-3-4-12(13)7-11/h5-6,10-13H,3-4,7-9H2,1-2H3,(H,18,19). The van der Waals surface area contributed by atoms with Crippen molar-refractivity contribution in [3.8, 4) is 11.5 Å². The molecule has 2 fully saturated rings. The molecule has 0 saturated heterocycles. The van der Waals surface area contributed by atoms with E-state index in [2.05, 4.69) is 5.32 Å². The average Bonchev–Trinajstić information content (AvgIpc) is 3.09. The molecule has 0 aromatic heterocycles. The van der Waals surface area contributed by atoms with Crippen molar-refractivity contribution in [3.63, 3.8) is 0 Å². The zero-order valence-electron chi connectivity index (χ0n) is 12.7. The van der Waals surface area contributed by atoms with E-state index in [9.17, 15) is 4.79 Å². The van der Waals surface area contributed by atoms with Gasteiger partial charge in [-0.25, -0.2) is 0 Å². The van der Waals surface area contributed by atoms with Crippen molar-refractivity contribution in [3.05, 3.63) is 18.2 Å². The van der Waals surface area contributed by atoms with Crippen LogP contribution in [0.3, 0.4) is 0 Å².